The lowest BCUT2D eigenvalue weighted by Crippen LogP contribution is -2.54. The van der Waals surface area contributed by atoms with Gasteiger partial charge in [0.15, 0.2) is 17.9 Å². The zero-order chi connectivity index (χ0) is 29.9. The molecule has 222 valence electrons. The molecule has 0 aliphatic heterocycles. The van der Waals surface area contributed by atoms with Gasteiger partial charge in [-0.2, -0.15) is 0 Å². The number of nitrogens with zero attached hydrogens (tertiary/aromatic N) is 1. The number of rotatable bonds is 16. The number of carbonyl (C=O) groups is 2. The summed E-state index contributed by atoms with van der Waals surface area (Å²) in [4.78, 5) is 27.6. The highest BCUT2D eigenvalue weighted by Crippen LogP contribution is 2.15. The van der Waals surface area contributed by atoms with Gasteiger partial charge in [0.2, 0.25) is 21.8 Å². The average molecular weight is 604 g/mol. The van der Waals surface area contributed by atoms with Crippen LogP contribution in [0, 0.1) is 11.6 Å². The Morgan fingerprint density at radius 2 is 1.62 bits per heavy atom. The van der Waals surface area contributed by atoms with Gasteiger partial charge < -0.3 is 19.7 Å². The fourth-order valence-electron chi connectivity index (χ4n) is 3.79. The second kappa shape index (κ2) is 16.0. The van der Waals surface area contributed by atoms with Crippen LogP contribution in [0.5, 0.6) is 0 Å². The second-order valence-electron chi connectivity index (χ2n) is 9.10. The molecule has 1 atom stereocenters. The second-order valence-corrected chi connectivity index (χ2v) is 11.3. The molecule has 40 heavy (non-hydrogen) atoms. The molecule has 0 aliphatic carbocycles. The van der Waals surface area contributed by atoms with E-state index in [1.807, 2.05) is 27.7 Å². The van der Waals surface area contributed by atoms with Crippen LogP contribution < -0.4 is 10.0 Å². The van der Waals surface area contributed by atoms with E-state index in [-0.39, 0.29) is 37.9 Å². The summed E-state index contributed by atoms with van der Waals surface area (Å²) in [6.45, 7) is 7.88. The zero-order valence-electron chi connectivity index (χ0n) is 23.0. The van der Waals surface area contributed by atoms with Crippen molar-refractivity contribution in [3.63, 3.8) is 0 Å². The SMILES string of the molecule is CCOC(CN(C(=O)C(Cc1ccc(Cl)cc1)NC(=O)CCNS(=O)(=O)c1ccc(F)c(F)c1)C(C)C)OCC. The third-order valence-corrected chi connectivity index (χ3v) is 7.50. The predicted octanol–water partition coefficient (Wildman–Crippen LogP) is 3.65. The van der Waals surface area contributed by atoms with Gasteiger partial charge in [-0.25, -0.2) is 21.9 Å². The van der Waals surface area contributed by atoms with Crippen LogP contribution in [-0.2, 0) is 35.5 Å². The monoisotopic (exact) mass is 603 g/mol. The standard InChI is InChI=1S/C27H36ClF2N3O6S/c1-5-38-26(39-6-2)17-33(18(3)4)27(35)24(15-19-7-9-20(28)10-8-19)32-25(34)13-14-31-40(36,37)21-11-12-22(29)23(30)16-21/h7-12,16,18,24,26,31H,5-6,13-15,17H2,1-4H3,(H,32,34). The highest BCUT2D eigenvalue weighted by atomic mass is 35.5. The third kappa shape index (κ3) is 10.4. The van der Waals surface area contributed by atoms with E-state index in [2.05, 4.69) is 10.0 Å². The van der Waals surface area contributed by atoms with E-state index in [4.69, 9.17) is 21.1 Å². The summed E-state index contributed by atoms with van der Waals surface area (Å²) in [5, 5.41) is 3.22. The highest BCUT2D eigenvalue weighted by Gasteiger charge is 2.30. The molecule has 0 aliphatic rings. The number of halogens is 3. The lowest BCUT2D eigenvalue weighted by atomic mass is 10.0. The Labute approximate surface area is 239 Å². The molecule has 9 nitrogen and oxygen atoms in total. The maximum Gasteiger partial charge on any atom is 0.245 e. The lowest BCUT2D eigenvalue weighted by molar-refractivity contribution is -0.163. The fraction of sp³-hybridized carbons (Fsp3) is 0.481. The van der Waals surface area contributed by atoms with Crippen molar-refractivity contribution < 1.29 is 36.3 Å². The van der Waals surface area contributed by atoms with Crippen LogP contribution in [0.1, 0.15) is 39.7 Å². The number of hydrogen-bond acceptors (Lipinski definition) is 6. The van der Waals surface area contributed by atoms with Gasteiger partial charge in [-0.15, -0.1) is 0 Å². The third-order valence-electron chi connectivity index (χ3n) is 5.79. The Hall–Kier alpha value is -2.64. The summed E-state index contributed by atoms with van der Waals surface area (Å²) in [5.74, 6) is -3.45. The maximum atomic E-state index is 13.7. The van der Waals surface area contributed by atoms with Crippen molar-refractivity contribution in [3.05, 3.63) is 64.7 Å². The lowest BCUT2D eigenvalue weighted by Gasteiger charge is -2.33. The summed E-state index contributed by atoms with van der Waals surface area (Å²) < 4.78 is 64.9. The van der Waals surface area contributed by atoms with Gasteiger partial charge in [-0.05, 0) is 63.6 Å². The Morgan fingerprint density at radius 1 is 1.00 bits per heavy atom. The van der Waals surface area contributed by atoms with E-state index in [0.29, 0.717) is 30.4 Å². The summed E-state index contributed by atoms with van der Waals surface area (Å²) in [5.41, 5.74) is 0.747. The van der Waals surface area contributed by atoms with Crippen molar-refractivity contribution in [1.29, 1.82) is 0 Å². The van der Waals surface area contributed by atoms with Gasteiger partial charge in [-0.1, -0.05) is 23.7 Å². The minimum atomic E-state index is -4.19. The number of amides is 2. The van der Waals surface area contributed by atoms with Gasteiger partial charge in [-0.3, -0.25) is 9.59 Å². The molecule has 2 aromatic carbocycles. The van der Waals surface area contributed by atoms with Gasteiger partial charge in [0, 0.05) is 43.7 Å². The van der Waals surface area contributed by atoms with Crippen molar-refractivity contribution in [3.8, 4) is 0 Å². The molecular weight excluding hydrogens is 568 g/mol. The summed E-state index contributed by atoms with van der Waals surface area (Å²) in [6.07, 6.45) is -0.812. The van der Waals surface area contributed by atoms with Crippen LogP contribution in [0.15, 0.2) is 47.4 Å². The van der Waals surface area contributed by atoms with E-state index in [9.17, 15) is 26.8 Å². The van der Waals surface area contributed by atoms with Crippen LogP contribution >= 0.6 is 11.6 Å². The zero-order valence-corrected chi connectivity index (χ0v) is 24.5. The first kappa shape index (κ1) is 33.6. The molecule has 1 unspecified atom stereocenters. The number of ether oxygens (including phenoxy) is 2. The highest BCUT2D eigenvalue weighted by molar-refractivity contribution is 7.89. The molecule has 0 saturated heterocycles. The molecule has 0 heterocycles. The summed E-state index contributed by atoms with van der Waals surface area (Å²) in [6, 6.07) is 7.77. The minimum Gasteiger partial charge on any atom is -0.351 e. The van der Waals surface area contributed by atoms with Crippen molar-refractivity contribution in [1.82, 2.24) is 14.9 Å². The molecule has 2 N–H and O–H groups in total. The van der Waals surface area contributed by atoms with E-state index in [0.717, 1.165) is 11.6 Å². The quantitative estimate of drug-likeness (QED) is 0.283. The van der Waals surface area contributed by atoms with Crippen LogP contribution in [0.3, 0.4) is 0 Å². The number of nitrogens with one attached hydrogen (secondary N) is 2. The van der Waals surface area contributed by atoms with Crippen molar-refractivity contribution >= 4 is 33.4 Å². The smallest absolute Gasteiger partial charge is 0.245 e. The largest absolute Gasteiger partial charge is 0.351 e. The van der Waals surface area contributed by atoms with Gasteiger partial charge >= 0.3 is 0 Å². The van der Waals surface area contributed by atoms with Crippen LogP contribution in [0.25, 0.3) is 0 Å². The molecule has 0 saturated carbocycles. The van der Waals surface area contributed by atoms with Gasteiger partial charge in [0.05, 0.1) is 11.4 Å². The van der Waals surface area contributed by atoms with Gasteiger partial charge in [0.1, 0.15) is 6.04 Å². The predicted molar refractivity (Wildman–Crippen MR) is 147 cm³/mol. The number of carbonyl (C=O) groups excluding carboxylic acids is 2. The van der Waals surface area contributed by atoms with Crippen molar-refractivity contribution in [2.24, 2.45) is 0 Å². The average Bonchev–Trinajstić information content (AvgIpc) is 2.89. The molecule has 0 bridgehead atoms. The summed E-state index contributed by atoms with van der Waals surface area (Å²) >= 11 is 5.99. The van der Waals surface area contributed by atoms with E-state index < -0.39 is 44.8 Å². The van der Waals surface area contributed by atoms with E-state index in [1.165, 1.54) is 0 Å². The van der Waals surface area contributed by atoms with Crippen LogP contribution in [0.4, 0.5) is 8.78 Å². The molecular formula is C27H36ClF2N3O6S. The van der Waals surface area contributed by atoms with Crippen molar-refractivity contribution in [2.75, 3.05) is 26.3 Å². The normalized spacial score (nSPS) is 12.5. The van der Waals surface area contributed by atoms with E-state index >= 15 is 0 Å². The first-order chi connectivity index (χ1) is 18.9. The number of sulfonamides is 1. The molecule has 13 heteroatoms. The topological polar surface area (TPSA) is 114 Å². The number of benzene rings is 2. The van der Waals surface area contributed by atoms with E-state index in [1.54, 1.807) is 29.2 Å². The molecule has 2 aromatic rings. The van der Waals surface area contributed by atoms with Gasteiger partial charge in [0.25, 0.3) is 0 Å². The molecule has 0 fully saturated rings. The Kier molecular flexibility index (Phi) is 13.4. The fourth-order valence-corrected chi connectivity index (χ4v) is 4.96. The minimum absolute atomic E-state index is 0.138. The Morgan fingerprint density at radius 3 is 2.17 bits per heavy atom. The maximum absolute atomic E-state index is 13.7. The molecule has 0 radical (unpaired) electrons. The summed E-state index contributed by atoms with van der Waals surface area (Å²) in [7, 11) is -4.19. The number of hydrogen-bond donors (Lipinski definition) is 2. The van der Waals surface area contributed by atoms with Crippen LogP contribution in [-0.4, -0.2) is 69.8 Å². The molecule has 2 rings (SSSR count). The van der Waals surface area contributed by atoms with Crippen LogP contribution in [0.2, 0.25) is 5.02 Å². The first-order valence-electron chi connectivity index (χ1n) is 12.9. The van der Waals surface area contributed by atoms with Crippen molar-refractivity contribution in [2.45, 2.75) is 63.8 Å². The Balaban J connectivity index is 2.16. The molecule has 0 spiro atoms. The molecule has 2 amide bonds. The first-order valence-corrected chi connectivity index (χ1v) is 14.8. The Bertz CT molecular complexity index is 1230. The molecule has 0 aromatic heterocycles.